The standard InChI is InChI=1S/C21H23N3O5/c1-26-16-7-5-4-6-15(16)21-23-20(29-24-21)11-10-19(25)22-13-14-8-9-17(27-2)18(12-14)28-3/h4-9,12H,10-11,13H2,1-3H3,(H,22,25). The van der Waals surface area contributed by atoms with Crippen molar-refractivity contribution < 1.29 is 23.5 Å². The van der Waals surface area contributed by atoms with Crippen LogP contribution in [0, 0.1) is 0 Å². The van der Waals surface area contributed by atoms with Gasteiger partial charge in [-0.05, 0) is 29.8 Å². The van der Waals surface area contributed by atoms with Gasteiger partial charge in [-0.25, -0.2) is 0 Å². The molecule has 0 fully saturated rings. The molecule has 0 aliphatic carbocycles. The van der Waals surface area contributed by atoms with Crippen LogP contribution in [-0.4, -0.2) is 37.4 Å². The molecule has 0 aliphatic heterocycles. The first-order chi connectivity index (χ1) is 14.1. The summed E-state index contributed by atoms with van der Waals surface area (Å²) in [5.41, 5.74) is 1.65. The lowest BCUT2D eigenvalue weighted by Gasteiger charge is -2.10. The Kier molecular flexibility index (Phi) is 6.67. The summed E-state index contributed by atoms with van der Waals surface area (Å²) >= 11 is 0. The first kappa shape index (κ1) is 20.2. The van der Waals surface area contributed by atoms with E-state index in [4.69, 9.17) is 18.7 Å². The molecule has 0 atom stereocenters. The minimum atomic E-state index is -0.114. The number of hydrogen-bond acceptors (Lipinski definition) is 7. The van der Waals surface area contributed by atoms with Crippen molar-refractivity contribution in [2.45, 2.75) is 19.4 Å². The van der Waals surface area contributed by atoms with E-state index in [1.807, 2.05) is 36.4 Å². The summed E-state index contributed by atoms with van der Waals surface area (Å²) in [6.07, 6.45) is 0.584. The molecule has 0 spiro atoms. The molecule has 29 heavy (non-hydrogen) atoms. The number of methoxy groups -OCH3 is 3. The molecule has 8 heteroatoms. The van der Waals surface area contributed by atoms with Crippen LogP contribution in [0.25, 0.3) is 11.4 Å². The van der Waals surface area contributed by atoms with E-state index >= 15 is 0 Å². The number of hydrogen-bond donors (Lipinski definition) is 1. The number of nitrogens with one attached hydrogen (secondary N) is 1. The minimum absolute atomic E-state index is 0.114. The van der Waals surface area contributed by atoms with Gasteiger partial charge in [0.25, 0.3) is 0 Å². The maximum Gasteiger partial charge on any atom is 0.227 e. The van der Waals surface area contributed by atoms with Crippen molar-refractivity contribution in [3.8, 4) is 28.6 Å². The third kappa shape index (κ3) is 5.04. The molecule has 1 N–H and O–H groups in total. The van der Waals surface area contributed by atoms with Crippen LogP contribution in [0.3, 0.4) is 0 Å². The molecule has 1 aromatic heterocycles. The number of carbonyl (C=O) groups is 1. The van der Waals surface area contributed by atoms with Crippen molar-refractivity contribution in [3.05, 3.63) is 53.9 Å². The van der Waals surface area contributed by atoms with E-state index in [0.29, 0.717) is 41.9 Å². The predicted molar refractivity (Wildman–Crippen MR) is 106 cm³/mol. The predicted octanol–water partition coefficient (Wildman–Crippen LogP) is 3.01. The van der Waals surface area contributed by atoms with Gasteiger partial charge in [0.15, 0.2) is 11.5 Å². The average Bonchev–Trinajstić information content (AvgIpc) is 3.24. The molecule has 152 valence electrons. The quantitative estimate of drug-likeness (QED) is 0.593. The van der Waals surface area contributed by atoms with Crippen molar-refractivity contribution in [3.63, 3.8) is 0 Å². The van der Waals surface area contributed by atoms with Gasteiger partial charge in [-0.2, -0.15) is 4.98 Å². The highest BCUT2D eigenvalue weighted by atomic mass is 16.5. The summed E-state index contributed by atoms with van der Waals surface area (Å²) in [6.45, 7) is 0.384. The number of rotatable bonds is 9. The summed E-state index contributed by atoms with van der Waals surface area (Å²) < 4.78 is 21.0. The van der Waals surface area contributed by atoms with Crippen LogP contribution in [-0.2, 0) is 17.8 Å². The minimum Gasteiger partial charge on any atom is -0.496 e. The molecule has 0 saturated carbocycles. The van der Waals surface area contributed by atoms with Crippen molar-refractivity contribution in [1.29, 1.82) is 0 Å². The molecule has 0 saturated heterocycles. The fraction of sp³-hybridized carbons (Fsp3) is 0.286. The highest BCUT2D eigenvalue weighted by molar-refractivity contribution is 5.76. The van der Waals surface area contributed by atoms with Gasteiger partial charge in [0.2, 0.25) is 17.6 Å². The van der Waals surface area contributed by atoms with E-state index in [1.54, 1.807) is 27.4 Å². The Bertz CT molecular complexity index is 970. The van der Waals surface area contributed by atoms with Gasteiger partial charge in [-0.1, -0.05) is 23.4 Å². The molecular formula is C21H23N3O5. The molecule has 1 heterocycles. The van der Waals surface area contributed by atoms with Crippen LogP contribution in [0.4, 0.5) is 0 Å². The van der Waals surface area contributed by atoms with E-state index in [-0.39, 0.29) is 12.3 Å². The second-order valence-electron chi connectivity index (χ2n) is 6.18. The van der Waals surface area contributed by atoms with Gasteiger partial charge >= 0.3 is 0 Å². The van der Waals surface area contributed by atoms with Gasteiger partial charge in [0, 0.05) is 19.4 Å². The van der Waals surface area contributed by atoms with Crippen molar-refractivity contribution in [2.75, 3.05) is 21.3 Å². The lowest BCUT2D eigenvalue weighted by molar-refractivity contribution is -0.121. The Morgan fingerprint density at radius 1 is 1.00 bits per heavy atom. The Hall–Kier alpha value is -3.55. The zero-order valence-electron chi connectivity index (χ0n) is 16.6. The normalized spacial score (nSPS) is 10.4. The molecule has 0 aliphatic rings. The third-order valence-corrected chi connectivity index (χ3v) is 4.32. The van der Waals surface area contributed by atoms with Crippen LogP contribution in [0.1, 0.15) is 17.9 Å². The number of ether oxygens (including phenoxy) is 3. The monoisotopic (exact) mass is 397 g/mol. The van der Waals surface area contributed by atoms with E-state index in [2.05, 4.69) is 15.5 Å². The second kappa shape index (κ2) is 9.59. The lowest BCUT2D eigenvalue weighted by Crippen LogP contribution is -2.23. The molecule has 3 rings (SSSR count). The summed E-state index contributed by atoms with van der Waals surface area (Å²) in [7, 11) is 4.74. The first-order valence-corrected chi connectivity index (χ1v) is 9.08. The molecule has 3 aromatic rings. The van der Waals surface area contributed by atoms with Crippen LogP contribution >= 0.6 is 0 Å². The fourth-order valence-corrected chi connectivity index (χ4v) is 2.80. The number of aromatic nitrogens is 2. The van der Waals surface area contributed by atoms with E-state index < -0.39 is 0 Å². The molecule has 2 aromatic carbocycles. The molecular weight excluding hydrogens is 374 g/mol. The van der Waals surface area contributed by atoms with Crippen molar-refractivity contribution >= 4 is 5.91 Å². The highest BCUT2D eigenvalue weighted by Crippen LogP contribution is 2.28. The Labute approximate surface area is 168 Å². The third-order valence-electron chi connectivity index (χ3n) is 4.32. The maximum absolute atomic E-state index is 12.2. The summed E-state index contributed by atoms with van der Waals surface area (Å²) in [5.74, 6) is 2.64. The maximum atomic E-state index is 12.2. The molecule has 1 amide bonds. The lowest BCUT2D eigenvalue weighted by atomic mass is 10.2. The van der Waals surface area contributed by atoms with Gasteiger partial charge in [0.05, 0.1) is 26.9 Å². The fourth-order valence-electron chi connectivity index (χ4n) is 2.80. The Balaban J connectivity index is 1.53. The summed E-state index contributed by atoms with van der Waals surface area (Å²) in [5, 5.41) is 6.85. The molecule has 0 radical (unpaired) electrons. The zero-order valence-corrected chi connectivity index (χ0v) is 16.6. The number of para-hydroxylation sites is 1. The summed E-state index contributed by atoms with van der Waals surface area (Å²) in [4.78, 5) is 16.5. The Morgan fingerprint density at radius 3 is 2.52 bits per heavy atom. The SMILES string of the molecule is COc1ccc(CNC(=O)CCc2nc(-c3ccccc3OC)no2)cc1OC. The second-order valence-corrected chi connectivity index (χ2v) is 6.18. The van der Waals surface area contributed by atoms with Gasteiger partial charge < -0.3 is 24.1 Å². The van der Waals surface area contributed by atoms with E-state index in [1.165, 1.54) is 0 Å². The highest BCUT2D eigenvalue weighted by Gasteiger charge is 2.14. The smallest absolute Gasteiger partial charge is 0.227 e. The zero-order chi connectivity index (χ0) is 20.6. The van der Waals surface area contributed by atoms with Crippen molar-refractivity contribution in [2.24, 2.45) is 0 Å². The topological polar surface area (TPSA) is 95.7 Å². The summed E-state index contributed by atoms with van der Waals surface area (Å²) in [6, 6.07) is 12.9. The number of aryl methyl sites for hydroxylation is 1. The van der Waals surface area contributed by atoms with Crippen LogP contribution < -0.4 is 19.5 Å². The average molecular weight is 397 g/mol. The molecule has 0 unspecified atom stereocenters. The largest absolute Gasteiger partial charge is 0.496 e. The number of carbonyl (C=O) groups excluding carboxylic acids is 1. The molecule has 8 nitrogen and oxygen atoms in total. The van der Waals surface area contributed by atoms with Crippen LogP contribution in [0.5, 0.6) is 17.2 Å². The van der Waals surface area contributed by atoms with Crippen molar-refractivity contribution in [1.82, 2.24) is 15.5 Å². The van der Waals surface area contributed by atoms with Gasteiger partial charge in [-0.3, -0.25) is 4.79 Å². The number of amides is 1. The first-order valence-electron chi connectivity index (χ1n) is 9.08. The van der Waals surface area contributed by atoms with Crippen LogP contribution in [0.2, 0.25) is 0 Å². The van der Waals surface area contributed by atoms with Gasteiger partial charge in [-0.15, -0.1) is 0 Å². The van der Waals surface area contributed by atoms with Gasteiger partial charge in [0.1, 0.15) is 5.75 Å². The number of nitrogens with zero attached hydrogens (tertiary/aromatic N) is 2. The number of benzene rings is 2. The van der Waals surface area contributed by atoms with Crippen LogP contribution in [0.15, 0.2) is 47.0 Å². The van der Waals surface area contributed by atoms with E-state index in [9.17, 15) is 4.79 Å². The van der Waals surface area contributed by atoms with E-state index in [0.717, 1.165) is 11.1 Å². The Morgan fingerprint density at radius 2 is 1.76 bits per heavy atom. The molecule has 0 bridgehead atoms.